The molecule has 0 saturated heterocycles. The Morgan fingerprint density at radius 1 is 0.333 bits per heavy atom. The Labute approximate surface area is 203 Å². The van der Waals surface area contributed by atoms with E-state index in [2.05, 4.69) is 30.3 Å². The maximum Gasteiger partial charge on any atom is 0.416 e. The third-order valence-electron chi connectivity index (χ3n) is 6.11. The molecule has 0 amide bonds. The largest absolute Gasteiger partial charge is 0.416 e. The molecule has 0 heterocycles. The third-order valence-corrected chi connectivity index (χ3v) is 6.11. The maximum atomic E-state index is 13.2. The first-order chi connectivity index (χ1) is 17.1. The average molecular weight is 492 g/mol. The quantitative estimate of drug-likeness (QED) is 0.220. The second kappa shape index (κ2) is 8.86. The van der Waals surface area contributed by atoms with Gasteiger partial charge in [-0.1, -0.05) is 84.9 Å². The van der Waals surface area contributed by atoms with Crippen LogP contribution in [0.25, 0.3) is 44.2 Å². The Morgan fingerprint density at radius 2 is 0.722 bits per heavy atom. The van der Waals surface area contributed by atoms with Crippen LogP contribution in [-0.2, 0) is 12.4 Å². The molecule has 5 rings (SSSR count). The van der Waals surface area contributed by atoms with E-state index in [0.717, 1.165) is 45.2 Å². The average Bonchev–Trinajstić information content (AvgIpc) is 2.87. The number of hydrogen-bond acceptors (Lipinski definition) is 0. The second-order valence-electron chi connectivity index (χ2n) is 8.51. The highest BCUT2D eigenvalue weighted by molar-refractivity contribution is 5.87. The van der Waals surface area contributed by atoms with Crippen LogP contribution >= 0.6 is 0 Å². The van der Waals surface area contributed by atoms with Crippen molar-refractivity contribution in [1.29, 1.82) is 0 Å². The Balaban J connectivity index is 1.43. The zero-order valence-electron chi connectivity index (χ0n) is 18.7. The van der Waals surface area contributed by atoms with Crippen LogP contribution in [0.2, 0.25) is 0 Å². The van der Waals surface area contributed by atoms with Gasteiger partial charge in [-0.05, 0) is 68.4 Å². The van der Waals surface area contributed by atoms with Crippen LogP contribution in [0.15, 0.2) is 109 Å². The first-order valence-electron chi connectivity index (χ1n) is 11.1. The molecular weight excluding hydrogens is 474 g/mol. The molecule has 0 nitrogen and oxygen atoms in total. The number of rotatable bonds is 3. The van der Waals surface area contributed by atoms with Crippen molar-refractivity contribution in [2.75, 3.05) is 0 Å². The lowest BCUT2D eigenvalue weighted by Crippen LogP contribution is -2.11. The molecule has 6 heteroatoms. The van der Waals surface area contributed by atoms with E-state index in [1.54, 1.807) is 12.1 Å². The highest BCUT2D eigenvalue weighted by atomic mass is 19.4. The van der Waals surface area contributed by atoms with Crippen molar-refractivity contribution in [3.63, 3.8) is 0 Å². The van der Waals surface area contributed by atoms with Crippen molar-refractivity contribution < 1.29 is 26.3 Å². The minimum absolute atomic E-state index is 0.134. The molecule has 0 spiro atoms. The summed E-state index contributed by atoms with van der Waals surface area (Å²) < 4.78 is 79.2. The zero-order chi connectivity index (χ0) is 25.5. The van der Waals surface area contributed by atoms with E-state index >= 15 is 0 Å². The summed E-state index contributed by atoms with van der Waals surface area (Å²) in [4.78, 5) is 0. The fourth-order valence-electron chi connectivity index (χ4n) is 4.20. The van der Waals surface area contributed by atoms with E-state index in [0.29, 0.717) is 0 Å². The summed E-state index contributed by atoms with van der Waals surface area (Å²) in [6.07, 6.45) is -9.77. The summed E-state index contributed by atoms with van der Waals surface area (Å²) in [5.41, 5.74) is 1.24. The highest BCUT2D eigenvalue weighted by Crippen LogP contribution is 2.39. The summed E-state index contributed by atoms with van der Waals surface area (Å²) in [6.45, 7) is 0. The predicted molar refractivity (Wildman–Crippen MR) is 130 cm³/mol. The van der Waals surface area contributed by atoms with Crippen LogP contribution in [0, 0.1) is 0 Å². The summed E-state index contributed by atoms with van der Waals surface area (Å²) in [7, 11) is 0. The van der Waals surface area contributed by atoms with Gasteiger partial charge in [-0.3, -0.25) is 0 Å². The fraction of sp³-hybridized carbons (Fsp3) is 0.0667. The van der Waals surface area contributed by atoms with Gasteiger partial charge < -0.3 is 0 Å². The maximum absolute atomic E-state index is 13.2. The van der Waals surface area contributed by atoms with E-state index in [1.807, 2.05) is 36.4 Å². The molecule has 0 N–H and O–H groups in total. The number of alkyl halides is 6. The smallest absolute Gasteiger partial charge is 0.166 e. The molecule has 5 aromatic rings. The summed E-state index contributed by atoms with van der Waals surface area (Å²) in [5, 5.41) is 2.29. The van der Waals surface area contributed by atoms with Gasteiger partial charge in [0, 0.05) is 0 Å². The number of halogens is 6. The van der Waals surface area contributed by atoms with Crippen LogP contribution < -0.4 is 0 Å². The van der Waals surface area contributed by atoms with Gasteiger partial charge in [0.05, 0.1) is 11.1 Å². The monoisotopic (exact) mass is 492 g/mol. The van der Waals surface area contributed by atoms with Gasteiger partial charge in [0.2, 0.25) is 0 Å². The van der Waals surface area contributed by atoms with Gasteiger partial charge >= 0.3 is 12.4 Å². The first-order valence-corrected chi connectivity index (χ1v) is 11.1. The Bertz CT molecular complexity index is 1490. The minimum atomic E-state index is -4.89. The van der Waals surface area contributed by atoms with Crippen LogP contribution in [0.1, 0.15) is 11.1 Å². The molecule has 0 aliphatic carbocycles. The molecule has 36 heavy (non-hydrogen) atoms. The number of benzene rings is 5. The first kappa shape index (κ1) is 23.7. The second-order valence-corrected chi connectivity index (χ2v) is 8.51. The molecule has 0 atom stereocenters. The number of fused-ring (bicyclic) bond motifs is 1. The highest BCUT2D eigenvalue weighted by Gasteiger charge is 2.37. The predicted octanol–water partition coefficient (Wildman–Crippen LogP) is 9.88. The molecule has 0 aromatic heterocycles. The standard InChI is InChI=1S/C30H18F6/c31-29(32,33)27-16-26(17-28(18-27)30(34,35)36)23-11-7-21(8-12-23)20-5-9-22(10-6-20)25-14-13-19-3-1-2-4-24(19)15-25/h1-18H. The van der Waals surface area contributed by atoms with E-state index < -0.39 is 23.5 Å². The fourth-order valence-corrected chi connectivity index (χ4v) is 4.20. The van der Waals surface area contributed by atoms with Gasteiger partial charge in [0.25, 0.3) is 0 Å². The molecule has 180 valence electrons. The molecule has 0 aliphatic heterocycles. The van der Waals surface area contributed by atoms with Crippen molar-refractivity contribution in [3.05, 3.63) is 120 Å². The molecule has 0 fully saturated rings. The molecule has 0 bridgehead atoms. The van der Waals surface area contributed by atoms with Crippen LogP contribution in [0.3, 0.4) is 0 Å². The SMILES string of the molecule is FC(F)(F)c1cc(-c2ccc(-c3ccc(-c4ccc5ccccc5c4)cc3)cc2)cc(C(F)(F)F)c1. The normalized spacial score (nSPS) is 12.2. The van der Waals surface area contributed by atoms with Crippen molar-refractivity contribution in [2.24, 2.45) is 0 Å². The van der Waals surface area contributed by atoms with Gasteiger partial charge in [0.1, 0.15) is 0 Å². The lowest BCUT2D eigenvalue weighted by atomic mass is 9.95. The molecule has 5 aromatic carbocycles. The Kier molecular flexibility index (Phi) is 5.83. The Morgan fingerprint density at radius 3 is 1.19 bits per heavy atom. The van der Waals surface area contributed by atoms with Crippen molar-refractivity contribution in [2.45, 2.75) is 12.4 Å². The molecule has 0 unspecified atom stereocenters. The van der Waals surface area contributed by atoms with Crippen LogP contribution in [0.4, 0.5) is 26.3 Å². The summed E-state index contributed by atoms with van der Waals surface area (Å²) >= 11 is 0. The number of hydrogen-bond donors (Lipinski definition) is 0. The van der Waals surface area contributed by atoms with E-state index in [4.69, 9.17) is 0 Å². The van der Waals surface area contributed by atoms with E-state index in [1.165, 1.54) is 12.1 Å². The van der Waals surface area contributed by atoms with Crippen molar-refractivity contribution >= 4 is 10.8 Å². The summed E-state index contributed by atoms with van der Waals surface area (Å²) in [6, 6.07) is 30.2. The zero-order valence-corrected chi connectivity index (χ0v) is 18.7. The molecule has 0 aliphatic rings. The lowest BCUT2D eigenvalue weighted by molar-refractivity contribution is -0.143. The third kappa shape index (κ3) is 4.85. The van der Waals surface area contributed by atoms with Gasteiger partial charge in [-0.2, -0.15) is 26.3 Å². The van der Waals surface area contributed by atoms with Gasteiger partial charge in [-0.15, -0.1) is 0 Å². The van der Waals surface area contributed by atoms with Crippen molar-refractivity contribution in [3.8, 4) is 33.4 Å². The van der Waals surface area contributed by atoms with Gasteiger partial charge in [0.15, 0.2) is 0 Å². The minimum Gasteiger partial charge on any atom is -0.166 e. The molecular formula is C30H18F6. The molecule has 0 radical (unpaired) electrons. The van der Waals surface area contributed by atoms with Gasteiger partial charge in [-0.25, -0.2) is 0 Å². The topological polar surface area (TPSA) is 0 Å². The van der Waals surface area contributed by atoms with Crippen LogP contribution in [-0.4, -0.2) is 0 Å². The van der Waals surface area contributed by atoms with E-state index in [9.17, 15) is 26.3 Å². The Hall–Kier alpha value is -4.06. The van der Waals surface area contributed by atoms with Crippen LogP contribution in [0.5, 0.6) is 0 Å². The van der Waals surface area contributed by atoms with E-state index in [-0.39, 0.29) is 17.2 Å². The van der Waals surface area contributed by atoms with Crippen molar-refractivity contribution in [1.82, 2.24) is 0 Å². The lowest BCUT2D eigenvalue weighted by Gasteiger charge is -2.14. The molecule has 0 saturated carbocycles. The summed E-state index contributed by atoms with van der Waals surface area (Å²) in [5.74, 6) is 0.